The van der Waals surface area contributed by atoms with Gasteiger partial charge in [-0.15, -0.1) is 0 Å². The number of hydrogen-bond donors (Lipinski definition) is 3. The maximum absolute atomic E-state index is 11.2. The Morgan fingerprint density at radius 2 is 0.931 bits per heavy atom. The molecule has 0 amide bonds. The molecule has 0 saturated heterocycles. The first-order chi connectivity index (χ1) is 13.2. The maximum atomic E-state index is 11.2. The summed E-state index contributed by atoms with van der Waals surface area (Å²) >= 11 is 0. The topological polar surface area (TPSA) is 163 Å². The summed E-state index contributed by atoms with van der Waals surface area (Å²) in [4.78, 5) is -0.890. The van der Waals surface area contributed by atoms with Crippen LogP contribution in [-0.2, 0) is 30.4 Å². The Kier molecular flexibility index (Phi) is 6.47. The van der Waals surface area contributed by atoms with Crippen LogP contribution in [0.1, 0.15) is 5.56 Å². The van der Waals surface area contributed by atoms with E-state index < -0.39 is 40.1 Å². The molecule has 29 heavy (non-hydrogen) atoms. The molecule has 3 aromatic carbocycles. The van der Waals surface area contributed by atoms with Crippen molar-refractivity contribution in [2.24, 2.45) is 0 Å². The fraction of sp³-hybridized carbons (Fsp3) is 0.0588. The number of rotatable bonds is 3. The molecule has 0 aromatic heterocycles. The highest BCUT2D eigenvalue weighted by molar-refractivity contribution is 7.86. The monoisotopic (exact) mass is 460 g/mol. The predicted molar refractivity (Wildman–Crippen MR) is 105 cm³/mol. The summed E-state index contributed by atoms with van der Waals surface area (Å²) in [5.74, 6) is 0. The Morgan fingerprint density at radius 1 is 0.552 bits per heavy atom. The van der Waals surface area contributed by atoms with Gasteiger partial charge in [0.05, 0.1) is 4.90 Å². The SMILES string of the molecule is Cc1ccc(S(=O)(=O)O)cc1.O=S(=O)(O)c1cccc2c(S(=O)(=O)O)cccc12. The van der Waals surface area contributed by atoms with E-state index in [2.05, 4.69) is 0 Å². The van der Waals surface area contributed by atoms with Gasteiger partial charge in [-0.25, -0.2) is 0 Å². The fourth-order valence-electron chi connectivity index (χ4n) is 2.41. The first-order valence-corrected chi connectivity index (χ1v) is 12.0. The van der Waals surface area contributed by atoms with Gasteiger partial charge in [0.2, 0.25) is 0 Å². The number of aryl methyl sites for hydroxylation is 1. The van der Waals surface area contributed by atoms with Gasteiger partial charge in [0.25, 0.3) is 30.4 Å². The molecular formula is C17H16O9S3. The van der Waals surface area contributed by atoms with Crippen LogP contribution in [0.2, 0.25) is 0 Å². The van der Waals surface area contributed by atoms with E-state index in [0.29, 0.717) is 0 Å². The molecule has 9 nitrogen and oxygen atoms in total. The summed E-state index contributed by atoms with van der Waals surface area (Å²) in [6.45, 7) is 1.84. The van der Waals surface area contributed by atoms with Crippen LogP contribution in [0.5, 0.6) is 0 Å². The molecule has 0 unspecified atom stereocenters. The average molecular weight is 461 g/mol. The summed E-state index contributed by atoms with van der Waals surface area (Å²) in [5.41, 5.74) is 0.956. The van der Waals surface area contributed by atoms with Crippen LogP contribution in [0.3, 0.4) is 0 Å². The first kappa shape index (κ1) is 22.9. The van der Waals surface area contributed by atoms with E-state index in [1.807, 2.05) is 6.92 Å². The summed E-state index contributed by atoms with van der Waals surface area (Å²) < 4.78 is 92.2. The zero-order valence-corrected chi connectivity index (χ0v) is 17.2. The molecule has 156 valence electrons. The lowest BCUT2D eigenvalue weighted by Gasteiger charge is -2.06. The molecule has 3 rings (SSSR count). The van der Waals surface area contributed by atoms with Gasteiger partial charge in [-0.1, -0.05) is 42.0 Å². The van der Waals surface area contributed by atoms with E-state index in [9.17, 15) is 25.3 Å². The van der Waals surface area contributed by atoms with Crippen LogP contribution in [0, 0.1) is 6.92 Å². The van der Waals surface area contributed by atoms with Crippen molar-refractivity contribution >= 4 is 41.1 Å². The third-order valence-electron chi connectivity index (χ3n) is 3.72. The van der Waals surface area contributed by atoms with Crippen molar-refractivity contribution in [1.29, 1.82) is 0 Å². The van der Waals surface area contributed by atoms with E-state index in [1.165, 1.54) is 36.4 Å². The van der Waals surface area contributed by atoms with E-state index in [4.69, 9.17) is 13.7 Å². The van der Waals surface area contributed by atoms with Crippen molar-refractivity contribution in [2.45, 2.75) is 21.6 Å². The second-order valence-electron chi connectivity index (χ2n) is 5.85. The molecule has 0 saturated carbocycles. The highest BCUT2D eigenvalue weighted by atomic mass is 32.2. The van der Waals surface area contributed by atoms with E-state index >= 15 is 0 Å². The molecule has 0 bridgehead atoms. The third-order valence-corrected chi connectivity index (χ3v) is 6.41. The van der Waals surface area contributed by atoms with Crippen molar-refractivity contribution < 1.29 is 38.9 Å². The van der Waals surface area contributed by atoms with Crippen LogP contribution in [0.25, 0.3) is 10.8 Å². The van der Waals surface area contributed by atoms with Crippen LogP contribution in [-0.4, -0.2) is 38.9 Å². The standard InChI is InChI=1S/C10H8O6S2.C7H8O3S/c11-17(12,13)9-5-1-3-7-8(9)4-2-6-10(7)18(14,15)16;1-6-2-4-7(5-3-6)11(8,9)10/h1-6H,(H,11,12,13)(H,14,15,16);2-5H,1H3,(H,8,9,10). The molecule has 3 aromatic rings. The van der Waals surface area contributed by atoms with Crippen molar-refractivity contribution in [3.05, 3.63) is 66.2 Å². The zero-order valence-electron chi connectivity index (χ0n) is 14.8. The minimum Gasteiger partial charge on any atom is -0.282 e. The molecule has 0 aliphatic rings. The summed E-state index contributed by atoms with van der Waals surface area (Å²) in [7, 11) is -13.0. The van der Waals surface area contributed by atoms with Crippen molar-refractivity contribution in [2.75, 3.05) is 0 Å². The number of benzene rings is 3. The molecule has 0 heterocycles. The Morgan fingerprint density at radius 3 is 1.24 bits per heavy atom. The quantitative estimate of drug-likeness (QED) is 0.498. The molecule has 12 heteroatoms. The highest BCUT2D eigenvalue weighted by Gasteiger charge is 2.19. The molecule has 0 aliphatic heterocycles. The van der Waals surface area contributed by atoms with Crippen LogP contribution < -0.4 is 0 Å². The van der Waals surface area contributed by atoms with Gasteiger partial charge in [-0.3, -0.25) is 13.7 Å². The number of hydrogen-bond acceptors (Lipinski definition) is 6. The molecule has 0 aliphatic carbocycles. The molecule has 0 fully saturated rings. The van der Waals surface area contributed by atoms with E-state index in [-0.39, 0.29) is 15.7 Å². The van der Waals surface area contributed by atoms with Crippen LogP contribution in [0.4, 0.5) is 0 Å². The predicted octanol–water partition coefficient (Wildman–Crippen LogP) is 2.57. The Labute approximate surface area is 167 Å². The van der Waals surface area contributed by atoms with Crippen LogP contribution in [0.15, 0.2) is 75.4 Å². The summed E-state index contributed by atoms with van der Waals surface area (Å²) in [5, 5.41) is 0.0465. The molecule has 0 atom stereocenters. The minimum absolute atomic E-state index is 0.0233. The molecule has 0 spiro atoms. The van der Waals surface area contributed by atoms with E-state index in [1.54, 1.807) is 12.1 Å². The van der Waals surface area contributed by atoms with Crippen molar-refractivity contribution in [3.63, 3.8) is 0 Å². The van der Waals surface area contributed by atoms with Gasteiger partial charge >= 0.3 is 0 Å². The lowest BCUT2D eigenvalue weighted by atomic mass is 10.1. The van der Waals surface area contributed by atoms with Gasteiger partial charge in [-0.2, -0.15) is 25.3 Å². The lowest BCUT2D eigenvalue weighted by Crippen LogP contribution is -2.02. The normalized spacial score (nSPS) is 12.3. The second-order valence-corrected chi connectivity index (χ2v) is 10.0. The average Bonchev–Trinajstić information content (AvgIpc) is 2.59. The summed E-state index contributed by atoms with van der Waals surface area (Å²) in [6, 6.07) is 13.5. The third kappa shape index (κ3) is 5.82. The maximum Gasteiger partial charge on any atom is 0.295 e. The van der Waals surface area contributed by atoms with Gasteiger partial charge in [0.15, 0.2) is 0 Å². The fourth-order valence-corrected chi connectivity index (χ4v) is 4.31. The number of fused-ring (bicyclic) bond motifs is 1. The van der Waals surface area contributed by atoms with Gasteiger partial charge in [0, 0.05) is 10.8 Å². The van der Waals surface area contributed by atoms with Gasteiger partial charge in [0.1, 0.15) is 9.79 Å². The Balaban J connectivity index is 0.000000234. The smallest absolute Gasteiger partial charge is 0.282 e. The minimum atomic E-state index is -4.47. The Hall–Kier alpha value is -2.35. The largest absolute Gasteiger partial charge is 0.295 e. The lowest BCUT2D eigenvalue weighted by molar-refractivity contribution is 0.481. The van der Waals surface area contributed by atoms with Gasteiger partial charge < -0.3 is 0 Å². The first-order valence-electron chi connectivity index (χ1n) is 7.72. The zero-order chi connectivity index (χ0) is 22.0. The molecular weight excluding hydrogens is 444 g/mol. The van der Waals surface area contributed by atoms with Gasteiger partial charge in [-0.05, 0) is 31.2 Å². The molecule has 0 radical (unpaired) electrons. The van der Waals surface area contributed by atoms with Crippen molar-refractivity contribution in [3.8, 4) is 0 Å². The second kappa shape index (κ2) is 8.18. The van der Waals surface area contributed by atoms with Crippen LogP contribution >= 0.6 is 0 Å². The summed E-state index contributed by atoms with van der Waals surface area (Å²) in [6.07, 6.45) is 0. The highest BCUT2D eigenvalue weighted by Crippen LogP contribution is 2.27. The van der Waals surface area contributed by atoms with E-state index in [0.717, 1.165) is 17.7 Å². The van der Waals surface area contributed by atoms with Crippen molar-refractivity contribution in [1.82, 2.24) is 0 Å². The Bertz CT molecular complexity index is 1290. The molecule has 3 N–H and O–H groups in total.